The van der Waals surface area contributed by atoms with Crippen molar-refractivity contribution >= 4 is 5.78 Å². The first-order valence-electron chi connectivity index (χ1n) is 3.55. The second-order valence-electron chi connectivity index (χ2n) is 2.20. The van der Waals surface area contributed by atoms with Crippen LogP contribution in [0.3, 0.4) is 0 Å². The van der Waals surface area contributed by atoms with Crippen LogP contribution in [-0.2, 0) is 4.79 Å². The Hall–Kier alpha value is -1.54. The van der Waals surface area contributed by atoms with E-state index in [4.69, 9.17) is 5.53 Å². The van der Waals surface area contributed by atoms with Gasteiger partial charge in [-0.3, -0.25) is 4.79 Å². The summed E-state index contributed by atoms with van der Waals surface area (Å²) in [4.78, 5) is 13.7. The molecule has 0 saturated heterocycles. The van der Waals surface area contributed by atoms with Gasteiger partial charge in [0.2, 0.25) is 0 Å². The van der Waals surface area contributed by atoms with Crippen LogP contribution in [-0.4, -0.2) is 11.8 Å². The zero-order valence-electron chi connectivity index (χ0n) is 6.81. The molecule has 0 aromatic carbocycles. The Kier molecular flexibility index (Phi) is 5.39. The molecule has 0 aliphatic carbocycles. The minimum absolute atomic E-state index is 0.122. The molecule has 1 unspecified atom stereocenters. The number of rotatable bonds is 6. The van der Waals surface area contributed by atoms with Crippen molar-refractivity contribution in [3.8, 4) is 0 Å². The van der Waals surface area contributed by atoms with Crippen LogP contribution in [0.4, 0.5) is 0 Å². The second-order valence-corrected chi connectivity index (χ2v) is 2.20. The maximum absolute atomic E-state index is 11.1. The molecule has 64 valence electrons. The zero-order chi connectivity index (χ0) is 9.40. The summed E-state index contributed by atoms with van der Waals surface area (Å²) in [7, 11) is 0. The fourth-order valence-electron chi connectivity index (χ4n) is 0.741. The van der Waals surface area contributed by atoms with Crippen LogP contribution in [0.15, 0.2) is 30.4 Å². The van der Waals surface area contributed by atoms with Crippen LogP contribution in [0.1, 0.15) is 12.8 Å². The largest absolute Gasteiger partial charge is 0.299 e. The van der Waals surface area contributed by atoms with Gasteiger partial charge in [-0.2, -0.15) is 0 Å². The number of ketones is 1. The highest BCUT2D eigenvalue weighted by molar-refractivity contribution is 5.85. The second kappa shape index (κ2) is 6.19. The van der Waals surface area contributed by atoms with Gasteiger partial charge in [0.25, 0.3) is 0 Å². The Morgan fingerprint density at radius 2 is 2.25 bits per heavy atom. The van der Waals surface area contributed by atoms with E-state index in [1.54, 1.807) is 6.08 Å². The summed E-state index contributed by atoms with van der Waals surface area (Å²) in [6.07, 6.45) is 3.67. The van der Waals surface area contributed by atoms with Gasteiger partial charge in [-0.25, -0.2) is 0 Å². The molecule has 0 N–H and O–H groups in total. The van der Waals surface area contributed by atoms with E-state index in [1.165, 1.54) is 6.08 Å². The number of carbonyl (C=O) groups is 1. The molecule has 0 bridgehead atoms. The van der Waals surface area contributed by atoms with Crippen molar-refractivity contribution in [2.45, 2.75) is 18.9 Å². The molecule has 0 aromatic heterocycles. The van der Waals surface area contributed by atoms with Crippen molar-refractivity contribution in [3.63, 3.8) is 0 Å². The SMILES string of the molecule is C=CCC(=O)C(CC=C)N=[N+]=[N-]. The lowest BCUT2D eigenvalue weighted by molar-refractivity contribution is -0.119. The molecule has 0 aliphatic rings. The topological polar surface area (TPSA) is 65.8 Å². The van der Waals surface area contributed by atoms with E-state index in [-0.39, 0.29) is 12.2 Å². The molecule has 4 nitrogen and oxygen atoms in total. The number of hydrogen-bond acceptors (Lipinski definition) is 2. The summed E-state index contributed by atoms with van der Waals surface area (Å²) in [6.45, 7) is 6.89. The Balaban J connectivity index is 4.26. The standard InChI is InChI=1S/C8H11N3O/c1-3-5-7(10-11-9)8(12)6-4-2/h3-4,7H,1-2,5-6H2. The number of hydrogen-bond donors (Lipinski definition) is 0. The number of nitrogens with zero attached hydrogens (tertiary/aromatic N) is 3. The van der Waals surface area contributed by atoms with E-state index in [0.29, 0.717) is 6.42 Å². The monoisotopic (exact) mass is 165 g/mol. The number of carbonyl (C=O) groups excluding carboxylic acids is 1. The summed E-state index contributed by atoms with van der Waals surface area (Å²) in [5.74, 6) is -0.122. The lowest BCUT2D eigenvalue weighted by Crippen LogP contribution is -2.15. The highest BCUT2D eigenvalue weighted by Crippen LogP contribution is 2.04. The van der Waals surface area contributed by atoms with E-state index >= 15 is 0 Å². The van der Waals surface area contributed by atoms with Gasteiger partial charge in [-0.05, 0) is 12.0 Å². The Bertz CT molecular complexity index is 228. The molecule has 0 spiro atoms. The first kappa shape index (κ1) is 10.5. The first-order valence-corrected chi connectivity index (χ1v) is 3.55. The predicted molar refractivity (Wildman–Crippen MR) is 47.6 cm³/mol. The molecular weight excluding hydrogens is 154 g/mol. The third-order valence-electron chi connectivity index (χ3n) is 1.30. The summed E-state index contributed by atoms with van der Waals surface area (Å²) in [5.41, 5.74) is 8.13. The van der Waals surface area contributed by atoms with Gasteiger partial charge in [0.15, 0.2) is 0 Å². The summed E-state index contributed by atoms with van der Waals surface area (Å²) < 4.78 is 0. The van der Waals surface area contributed by atoms with Crippen LogP contribution in [0, 0.1) is 0 Å². The van der Waals surface area contributed by atoms with Crippen molar-refractivity contribution in [2.24, 2.45) is 5.11 Å². The molecule has 12 heavy (non-hydrogen) atoms. The van der Waals surface area contributed by atoms with E-state index in [9.17, 15) is 4.79 Å². The highest BCUT2D eigenvalue weighted by atomic mass is 16.1. The maximum Gasteiger partial charge on any atom is 0.145 e. The minimum atomic E-state index is -0.620. The van der Waals surface area contributed by atoms with E-state index < -0.39 is 6.04 Å². The summed E-state index contributed by atoms with van der Waals surface area (Å²) >= 11 is 0. The fraction of sp³-hybridized carbons (Fsp3) is 0.375. The molecule has 0 amide bonds. The van der Waals surface area contributed by atoms with Crippen LogP contribution in [0.2, 0.25) is 0 Å². The molecule has 0 saturated carbocycles. The Morgan fingerprint density at radius 1 is 1.58 bits per heavy atom. The molecule has 0 aromatic rings. The Labute approximate surface area is 71.2 Å². The third kappa shape index (κ3) is 3.58. The molecule has 0 radical (unpaired) electrons. The number of Topliss-reactive ketones (excluding diaryl/α,β-unsaturated/α-hetero) is 1. The van der Waals surface area contributed by atoms with Crippen LogP contribution < -0.4 is 0 Å². The van der Waals surface area contributed by atoms with Gasteiger partial charge in [-0.15, -0.1) is 13.2 Å². The molecule has 0 heterocycles. The molecule has 0 rings (SSSR count). The highest BCUT2D eigenvalue weighted by Gasteiger charge is 2.12. The van der Waals surface area contributed by atoms with Crippen LogP contribution >= 0.6 is 0 Å². The molecule has 1 atom stereocenters. The van der Waals surface area contributed by atoms with Gasteiger partial charge in [0.1, 0.15) is 5.78 Å². The van der Waals surface area contributed by atoms with Crippen molar-refractivity contribution in [2.75, 3.05) is 0 Å². The summed E-state index contributed by atoms with van der Waals surface area (Å²) in [5, 5.41) is 3.34. The average molecular weight is 165 g/mol. The van der Waals surface area contributed by atoms with Crippen LogP contribution in [0.25, 0.3) is 10.4 Å². The lowest BCUT2D eigenvalue weighted by atomic mass is 10.1. The van der Waals surface area contributed by atoms with Gasteiger partial charge in [0, 0.05) is 11.3 Å². The van der Waals surface area contributed by atoms with Crippen molar-refractivity contribution in [3.05, 3.63) is 35.8 Å². The lowest BCUT2D eigenvalue weighted by Gasteiger charge is -2.03. The van der Waals surface area contributed by atoms with Gasteiger partial charge in [0.05, 0.1) is 6.04 Å². The molecule has 0 aliphatic heterocycles. The first-order chi connectivity index (χ1) is 5.76. The minimum Gasteiger partial charge on any atom is -0.299 e. The number of azide groups is 1. The van der Waals surface area contributed by atoms with E-state index in [2.05, 4.69) is 23.2 Å². The quantitative estimate of drug-likeness (QED) is 0.258. The van der Waals surface area contributed by atoms with E-state index in [0.717, 1.165) is 0 Å². The van der Waals surface area contributed by atoms with Crippen molar-refractivity contribution in [1.82, 2.24) is 0 Å². The van der Waals surface area contributed by atoms with Crippen LogP contribution in [0.5, 0.6) is 0 Å². The van der Waals surface area contributed by atoms with Gasteiger partial charge >= 0.3 is 0 Å². The molecule has 4 heteroatoms. The molecular formula is C8H11N3O. The van der Waals surface area contributed by atoms with Gasteiger partial charge < -0.3 is 0 Å². The maximum atomic E-state index is 11.1. The smallest absolute Gasteiger partial charge is 0.145 e. The average Bonchev–Trinajstić information content (AvgIpc) is 2.04. The predicted octanol–water partition coefficient (Wildman–Crippen LogP) is 2.39. The fourth-order valence-corrected chi connectivity index (χ4v) is 0.741. The third-order valence-corrected chi connectivity index (χ3v) is 1.30. The zero-order valence-corrected chi connectivity index (χ0v) is 6.81. The van der Waals surface area contributed by atoms with Crippen molar-refractivity contribution in [1.29, 1.82) is 0 Å². The van der Waals surface area contributed by atoms with Crippen molar-refractivity contribution < 1.29 is 4.79 Å². The summed E-state index contributed by atoms with van der Waals surface area (Å²) in [6, 6.07) is -0.620. The number of allylic oxidation sites excluding steroid dienone is 1. The molecule has 0 fully saturated rings. The van der Waals surface area contributed by atoms with E-state index in [1.807, 2.05) is 0 Å². The Morgan fingerprint density at radius 3 is 2.67 bits per heavy atom. The normalized spacial score (nSPS) is 11.0. The van der Waals surface area contributed by atoms with Gasteiger partial charge in [-0.1, -0.05) is 17.3 Å².